The maximum atomic E-state index is 12.6. The van der Waals surface area contributed by atoms with Gasteiger partial charge in [0.1, 0.15) is 0 Å². The summed E-state index contributed by atoms with van der Waals surface area (Å²) in [5, 5.41) is 3.00. The summed E-state index contributed by atoms with van der Waals surface area (Å²) in [5.74, 6) is 0.688. The first-order chi connectivity index (χ1) is 14.6. The molecule has 2 aliphatic rings. The topological polar surface area (TPSA) is 97.6 Å². The van der Waals surface area contributed by atoms with Crippen LogP contribution in [0.2, 0.25) is 0 Å². The fourth-order valence-corrected chi connectivity index (χ4v) is 4.49. The Hall–Kier alpha value is -2.74. The van der Waals surface area contributed by atoms with Gasteiger partial charge in [-0.1, -0.05) is 0 Å². The van der Waals surface area contributed by atoms with E-state index in [1.807, 2.05) is 4.90 Å². The number of hydrogen-bond acceptors (Lipinski definition) is 6. The molecule has 8 heteroatoms. The number of likely N-dealkylation sites (tertiary alicyclic amines) is 1. The zero-order chi connectivity index (χ0) is 21.0. The van der Waals surface area contributed by atoms with Crippen LogP contribution >= 0.6 is 0 Å². The van der Waals surface area contributed by atoms with Crippen LogP contribution in [0.4, 0.5) is 0 Å². The molecule has 0 aliphatic carbocycles. The molecule has 2 saturated heterocycles. The number of rotatable bonds is 5. The van der Waals surface area contributed by atoms with Gasteiger partial charge in [0, 0.05) is 44.2 Å². The van der Waals surface area contributed by atoms with Gasteiger partial charge < -0.3 is 19.4 Å². The molecule has 0 aromatic carbocycles. The van der Waals surface area contributed by atoms with Crippen LogP contribution in [-0.2, 0) is 4.74 Å². The van der Waals surface area contributed by atoms with Crippen LogP contribution < -0.4 is 5.32 Å². The van der Waals surface area contributed by atoms with Crippen LogP contribution in [-0.4, -0.2) is 58.5 Å². The Morgan fingerprint density at radius 1 is 1.27 bits per heavy atom. The van der Waals surface area contributed by atoms with Crippen molar-refractivity contribution in [2.75, 3.05) is 26.2 Å². The van der Waals surface area contributed by atoms with E-state index in [1.165, 1.54) is 6.39 Å². The summed E-state index contributed by atoms with van der Waals surface area (Å²) in [6, 6.07) is 3.43. The van der Waals surface area contributed by atoms with E-state index in [4.69, 9.17) is 9.15 Å². The van der Waals surface area contributed by atoms with Crippen molar-refractivity contribution in [3.63, 3.8) is 0 Å². The van der Waals surface area contributed by atoms with E-state index in [-0.39, 0.29) is 17.4 Å². The van der Waals surface area contributed by atoms with E-state index in [1.54, 1.807) is 31.5 Å². The molecule has 1 N–H and O–H groups in total. The lowest BCUT2D eigenvalue weighted by Crippen LogP contribution is -2.51. The van der Waals surface area contributed by atoms with E-state index < -0.39 is 0 Å². The van der Waals surface area contributed by atoms with Gasteiger partial charge in [0.2, 0.25) is 5.76 Å². The summed E-state index contributed by atoms with van der Waals surface area (Å²) in [6.45, 7) is 4.48. The van der Waals surface area contributed by atoms with Gasteiger partial charge in [-0.15, -0.1) is 0 Å². The van der Waals surface area contributed by atoms with Crippen molar-refractivity contribution in [3.05, 3.63) is 47.9 Å². The molecule has 0 saturated carbocycles. The molecule has 8 nitrogen and oxygen atoms in total. The minimum absolute atomic E-state index is 0.0614. The lowest BCUT2D eigenvalue weighted by Gasteiger charge is -2.46. The average Bonchev–Trinajstić information content (AvgIpc) is 3.20. The molecule has 1 atom stereocenters. The van der Waals surface area contributed by atoms with Crippen LogP contribution in [0.1, 0.15) is 58.7 Å². The molecule has 2 aromatic heterocycles. The summed E-state index contributed by atoms with van der Waals surface area (Å²) < 4.78 is 11.5. The van der Waals surface area contributed by atoms with Crippen molar-refractivity contribution in [1.82, 2.24) is 20.2 Å². The van der Waals surface area contributed by atoms with Crippen LogP contribution in [0.15, 0.2) is 35.3 Å². The van der Waals surface area contributed by atoms with Crippen molar-refractivity contribution in [1.29, 1.82) is 0 Å². The second kappa shape index (κ2) is 8.95. The molecule has 0 radical (unpaired) electrons. The Morgan fingerprint density at radius 3 is 2.73 bits per heavy atom. The van der Waals surface area contributed by atoms with Gasteiger partial charge in [0.25, 0.3) is 11.8 Å². The van der Waals surface area contributed by atoms with E-state index in [9.17, 15) is 9.59 Å². The molecular weight excluding hydrogens is 384 g/mol. The lowest BCUT2D eigenvalue weighted by molar-refractivity contribution is -0.124. The lowest BCUT2D eigenvalue weighted by atomic mass is 9.78. The normalized spacial score (nSPS) is 20.8. The van der Waals surface area contributed by atoms with Gasteiger partial charge in [-0.3, -0.25) is 14.6 Å². The molecule has 2 aromatic rings. The first-order valence-electron chi connectivity index (χ1n) is 10.6. The largest absolute Gasteiger partial charge is 0.438 e. The SMILES string of the molecule is Cc1ncoc1C(=O)N1CCC2(CC1)CC(CCNC(=O)c1ccncc1)CCO2. The first kappa shape index (κ1) is 20.5. The number of carbonyl (C=O) groups excluding carboxylic acids is 2. The van der Waals surface area contributed by atoms with Crippen molar-refractivity contribution >= 4 is 11.8 Å². The minimum atomic E-state index is -0.161. The Morgan fingerprint density at radius 2 is 2.03 bits per heavy atom. The number of carbonyl (C=O) groups is 2. The van der Waals surface area contributed by atoms with Crippen LogP contribution in [0.3, 0.4) is 0 Å². The third-order valence-corrected chi connectivity index (χ3v) is 6.28. The van der Waals surface area contributed by atoms with Crippen LogP contribution in [0.25, 0.3) is 0 Å². The highest BCUT2D eigenvalue weighted by Gasteiger charge is 2.41. The third-order valence-electron chi connectivity index (χ3n) is 6.28. The number of hydrogen-bond donors (Lipinski definition) is 1. The fourth-order valence-electron chi connectivity index (χ4n) is 4.49. The van der Waals surface area contributed by atoms with Gasteiger partial charge in [-0.25, -0.2) is 4.98 Å². The molecule has 4 rings (SSSR count). The third kappa shape index (κ3) is 4.53. The van der Waals surface area contributed by atoms with Gasteiger partial charge >= 0.3 is 0 Å². The molecule has 160 valence electrons. The number of nitrogens with one attached hydrogen (secondary N) is 1. The molecule has 0 bridgehead atoms. The summed E-state index contributed by atoms with van der Waals surface area (Å²) in [5.41, 5.74) is 1.10. The van der Waals surface area contributed by atoms with Crippen molar-refractivity contribution in [3.8, 4) is 0 Å². The first-order valence-corrected chi connectivity index (χ1v) is 10.6. The molecule has 4 heterocycles. The fraction of sp³-hybridized carbons (Fsp3) is 0.545. The Labute approximate surface area is 176 Å². The van der Waals surface area contributed by atoms with Gasteiger partial charge in [-0.2, -0.15) is 0 Å². The predicted molar refractivity (Wildman–Crippen MR) is 109 cm³/mol. The van der Waals surface area contributed by atoms with Crippen molar-refractivity contribution in [2.24, 2.45) is 5.92 Å². The summed E-state index contributed by atoms with van der Waals surface area (Å²) in [4.78, 5) is 34.6. The standard InChI is InChI=1S/C22H28N4O4/c1-16-19(29-15-25-16)21(28)26-11-6-22(7-12-26)14-17(5-13-30-22)2-10-24-20(27)18-3-8-23-9-4-18/h3-4,8-9,15,17H,2,5-7,10-14H2,1H3,(H,24,27). The molecular formula is C22H28N4O4. The number of pyridine rings is 1. The quantitative estimate of drug-likeness (QED) is 0.811. The molecule has 1 spiro atoms. The van der Waals surface area contributed by atoms with Gasteiger partial charge in [0.15, 0.2) is 6.39 Å². The van der Waals surface area contributed by atoms with Crippen LogP contribution in [0, 0.1) is 12.8 Å². The number of aryl methyl sites for hydroxylation is 1. The number of nitrogens with zero attached hydrogens (tertiary/aromatic N) is 3. The number of ether oxygens (including phenoxy) is 1. The van der Waals surface area contributed by atoms with E-state index in [0.717, 1.165) is 38.7 Å². The van der Waals surface area contributed by atoms with E-state index in [2.05, 4.69) is 15.3 Å². The van der Waals surface area contributed by atoms with E-state index in [0.29, 0.717) is 42.6 Å². The molecule has 2 aliphatic heterocycles. The number of piperidine rings is 1. The molecule has 30 heavy (non-hydrogen) atoms. The second-order valence-electron chi connectivity index (χ2n) is 8.23. The average molecular weight is 412 g/mol. The highest BCUT2D eigenvalue weighted by Crippen LogP contribution is 2.39. The molecule has 2 fully saturated rings. The number of aromatic nitrogens is 2. The Balaban J connectivity index is 1.25. The van der Waals surface area contributed by atoms with Gasteiger partial charge in [0.05, 0.1) is 11.3 Å². The minimum Gasteiger partial charge on any atom is -0.438 e. The number of amides is 2. The van der Waals surface area contributed by atoms with E-state index >= 15 is 0 Å². The molecule has 2 amide bonds. The summed E-state index contributed by atoms with van der Waals surface area (Å²) in [7, 11) is 0. The Kier molecular flexibility index (Phi) is 6.13. The smallest absolute Gasteiger partial charge is 0.291 e. The van der Waals surface area contributed by atoms with Crippen LogP contribution in [0.5, 0.6) is 0 Å². The maximum Gasteiger partial charge on any atom is 0.291 e. The zero-order valence-electron chi connectivity index (χ0n) is 17.3. The summed E-state index contributed by atoms with van der Waals surface area (Å²) in [6.07, 6.45) is 9.12. The highest BCUT2D eigenvalue weighted by atomic mass is 16.5. The highest BCUT2D eigenvalue weighted by molar-refractivity contribution is 5.94. The zero-order valence-corrected chi connectivity index (χ0v) is 17.3. The number of oxazole rings is 1. The molecule has 1 unspecified atom stereocenters. The predicted octanol–water partition coefficient (Wildman–Crippen LogP) is 2.60. The van der Waals surface area contributed by atoms with Gasteiger partial charge in [-0.05, 0) is 57.1 Å². The van der Waals surface area contributed by atoms with Crippen molar-refractivity contribution < 1.29 is 18.7 Å². The Bertz CT molecular complexity index is 874. The van der Waals surface area contributed by atoms with Crippen molar-refractivity contribution in [2.45, 2.75) is 44.6 Å². The monoisotopic (exact) mass is 412 g/mol. The maximum absolute atomic E-state index is 12.6. The summed E-state index contributed by atoms with van der Waals surface area (Å²) >= 11 is 0. The second-order valence-corrected chi connectivity index (χ2v) is 8.23.